The zero-order valence-corrected chi connectivity index (χ0v) is 17.9. The normalized spacial score (nSPS) is 12.2. The first-order valence-electron chi connectivity index (χ1n) is 9.78. The molecular formula is C22H28FN5O. The quantitative estimate of drug-likeness (QED) is 0.690. The van der Waals surface area contributed by atoms with Crippen LogP contribution in [0.4, 0.5) is 4.39 Å². The highest BCUT2D eigenvalue weighted by Gasteiger charge is 2.19. The molecule has 2 heterocycles. The lowest BCUT2D eigenvalue weighted by atomic mass is 10.1. The first kappa shape index (κ1) is 20.8. The molecule has 0 unspecified atom stereocenters. The second-order valence-electron chi connectivity index (χ2n) is 7.63. The number of hydrogen-bond acceptors (Lipinski definition) is 3. The summed E-state index contributed by atoms with van der Waals surface area (Å²) in [5, 5.41) is 12.1. The third-order valence-corrected chi connectivity index (χ3v) is 5.59. The number of halogens is 1. The highest BCUT2D eigenvalue weighted by Crippen LogP contribution is 2.19. The number of rotatable bonds is 6. The lowest BCUT2D eigenvalue weighted by Crippen LogP contribution is -2.32. The number of amides is 1. The topological polar surface area (TPSA) is 64.7 Å². The minimum atomic E-state index is -0.283. The summed E-state index contributed by atoms with van der Waals surface area (Å²) in [7, 11) is 0. The summed E-state index contributed by atoms with van der Waals surface area (Å²) in [6, 6.07) is 6.20. The van der Waals surface area contributed by atoms with Crippen LogP contribution in [-0.2, 0) is 17.9 Å². The maximum Gasteiger partial charge on any atom is 0.224 e. The Morgan fingerprint density at radius 3 is 2.28 bits per heavy atom. The molecule has 0 aliphatic carbocycles. The number of nitrogens with one attached hydrogen (secondary N) is 1. The van der Waals surface area contributed by atoms with Gasteiger partial charge in [-0.3, -0.25) is 9.48 Å². The van der Waals surface area contributed by atoms with Crippen LogP contribution in [0.5, 0.6) is 0 Å². The van der Waals surface area contributed by atoms with Gasteiger partial charge in [-0.1, -0.05) is 6.92 Å². The zero-order chi connectivity index (χ0) is 21.3. The van der Waals surface area contributed by atoms with E-state index in [1.54, 1.807) is 16.8 Å². The van der Waals surface area contributed by atoms with Gasteiger partial charge < -0.3 is 5.32 Å². The van der Waals surface area contributed by atoms with Crippen molar-refractivity contribution in [2.75, 3.05) is 0 Å². The Hall–Kier alpha value is -2.96. The maximum atomic E-state index is 13.2. The van der Waals surface area contributed by atoms with Gasteiger partial charge in [0.2, 0.25) is 5.91 Å². The highest BCUT2D eigenvalue weighted by molar-refractivity contribution is 5.78. The van der Waals surface area contributed by atoms with Crippen LogP contribution >= 0.6 is 0 Å². The molecule has 0 fully saturated rings. The summed E-state index contributed by atoms with van der Waals surface area (Å²) in [5.74, 6) is -0.516. The summed E-state index contributed by atoms with van der Waals surface area (Å²) in [5.41, 5.74) is 6.78. The van der Waals surface area contributed by atoms with Crippen molar-refractivity contribution in [3.8, 4) is 5.69 Å². The number of carbonyl (C=O) groups is 1. The molecule has 1 atom stereocenters. The fraction of sp³-hybridized carbons (Fsp3) is 0.409. The Balaban J connectivity index is 1.68. The van der Waals surface area contributed by atoms with Crippen LogP contribution in [0.25, 0.3) is 5.69 Å². The molecule has 3 rings (SSSR count). The van der Waals surface area contributed by atoms with E-state index in [2.05, 4.69) is 15.5 Å². The van der Waals surface area contributed by atoms with Gasteiger partial charge in [-0.25, -0.2) is 9.07 Å². The summed E-state index contributed by atoms with van der Waals surface area (Å²) >= 11 is 0. The average Bonchev–Trinajstić information content (AvgIpc) is 3.10. The Morgan fingerprint density at radius 1 is 1.03 bits per heavy atom. The zero-order valence-electron chi connectivity index (χ0n) is 17.9. The van der Waals surface area contributed by atoms with Crippen molar-refractivity contribution in [1.82, 2.24) is 24.9 Å². The molecule has 7 heteroatoms. The number of aryl methyl sites for hydroxylation is 2. The molecule has 0 aliphatic heterocycles. The predicted octanol–water partition coefficient (Wildman–Crippen LogP) is 3.70. The van der Waals surface area contributed by atoms with Crippen molar-refractivity contribution in [2.45, 2.75) is 54.6 Å². The van der Waals surface area contributed by atoms with Gasteiger partial charge in [-0.15, -0.1) is 0 Å². The molecule has 0 spiro atoms. The second-order valence-corrected chi connectivity index (χ2v) is 7.63. The Kier molecular flexibility index (Phi) is 5.86. The largest absolute Gasteiger partial charge is 0.352 e. The number of nitrogens with zero attached hydrogens (tertiary/aromatic N) is 4. The monoisotopic (exact) mass is 397 g/mol. The van der Waals surface area contributed by atoms with Crippen molar-refractivity contribution in [3.63, 3.8) is 0 Å². The van der Waals surface area contributed by atoms with E-state index in [9.17, 15) is 9.18 Å². The minimum Gasteiger partial charge on any atom is -0.352 e. The van der Waals surface area contributed by atoms with E-state index < -0.39 is 0 Å². The van der Waals surface area contributed by atoms with E-state index in [4.69, 9.17) is 0 Å². The molecule has 154 valence electrons. The molecule has 0 saturated carbocycles. The van der Waals surface area contributed by atoms with Crippen molar-refractivity contribution in [3.05, 3.63) is 64.0 Å². The maximum absolute atomic E-state index is 13.2. The van der Waals surface area contributed by atoms with Gasteiger partial charge in [0, 0.05) is 23.5 Å². The molecule has 0 saturated heterocycles. The standard InChI is InChI=1S/C22H28FN5O/c1-13(12-27-17(5)14(2)15(3)25-27)22(29)24-11-21-16(4)26-28(18(21)6)20-9-7-19(23)8-10-20/h7-10,13H,11-12H2,1-6H3,(H,24,29)/t13-/m0/s1. The lowest BCUT2D eigenvalue weighted by molar-refractivity contribution is -0.125. The summed E-state index contributed by atoms with van der Waals surface area (Å²) in [6.45, 7) is 12.8. The molecule has 29 heavy (non-hydrogen) atoms. The van der Waals surface area contributed by atoms with E-state index in [0.717, 1.165) is 39.6 Å². The first-order chi connectivity index (χ1) is 13.7. The Bertz CT molecular complexity index is 1030. The Labute approximate surface area is 170 Å². The van der Waals surface area contributed by atoms with E-state index >= 15 is 0 Å². The van der Waals surface area contributed by atoms with Crippen LogP contribution in [0, 0.1) is 46.4 Å². The fourth-order valence-electron chi connectivity index (χ4n) is 3.42. The van der Waals surface area contributed by atoms with Gasteiger partial charge in [0.1, 0.15) is 5.82 Å². The van der Waals surface area contributed by atoms with Gasteiger partial charge >= 0.3 is 0 Å². The van der Waals surface area contributed by atoms with Gasteiger partial charge in [0.05, 0.1) is 29.5 Å². The van der Waals surface area contributed by atoms with Crippen molar-refractivity contribution in [1.29, 1.82) is 0 Å². The molecule has 1 amide bonds. The van der Waals surface area contributed by atoms with Crippen molar-refractivity contribution in [2.24, 2.45) is 5.92 Å². The van der Waals surface area contributed by atoms with Crippen LogP contribution in [-0.4, -0.2) is 25.5 Å². The van der Waals surface area contributed by atoms with Gasteiger partial charge in [0.25, 0.3) is 0 Å². The van der Waals surface area contributed by atoms with Crippen LogP contribution in [0.15, 0.2) is 24.3 Å². The number of hydrogen-bond donors (Lipinski definition) is 1. The van der Waals surface area contributed by atoms with E-state index in [0.29, 0.717) is 13.1 Å². The van der Waals surface area contributed by atoms with Crippen LogP contribution in [0.2, 0.25) is 0 Å². The van der Waals surface area contributed by atoms with Crippen LogP contribution < -0.4 is 5.32 Å². The fourth-order valence-corrected chi connectivity index (χ4v) is 3.42. The average molecular weight is 397 g/mol. The van der Waals surface area contributed by atoms with Crippen LogP contribution in [0.3, 0.4) is 0 Å². The smallest absolute Gasteiger partial charge is 0.224 e. The van der Waals surface area contributed by atoms with Gasteiger partial charge in [-0.2, -0.15) is 10.2 Å². The van der Waals surface area contributed by atoms with Crippen molar-refractivity contribution < 1.29 is 9.18 Å². The molecule has 2 aromatic heterocycles. The summed E-state index contributed by atoms with van der Waals surface area (Å²) in [6.07, 6.45) is 0. The molecule has 6 nitrogen and oxygen atoms in total. The molecule has 1 aromatic carbocycles. The SMILES string of the molecule is Cc1nn(C[C@H](C)C(=O)NCc2c(C)nn(-c3ccc(F)cc3)c2C)c(C)c1C. The molecule has 1 N–H and O–H groups in total. The number of aromatic nitrogens is 4. The molecule has 0 radical (unpaired) electrons. The van der Waals surface area contributed by atoms with E-state index in [1.165, 1.54) is 12.1 Å². The third kappa shape index (κ3) is 4.23. The predicted molar refractivity (Wildman–Crippen MR) is 110 cm³/mol. The first-order valence-corrected chi connectivity index (χ1v) is 9.78. The van der Waals surface area contributed by atoms with Gasteiger partial charge in [-0.05, 0) is 64.4 Å². The van der Waals surface area contributed by atoms with E-state index in [-0.39, 0.29) is 17.6 Å². The lowest BCUT2D eigenvalue weighted by Gasteiger charge is -2.14. The summed E-state index contributed by atoms with van der Waals surface area (Å²) in [4.78, 5) is 12.6. The Morgan fingerprint density at radius 2 is 1.69 bits per heavy atom. The minimum absolute atomic E-state index is 0.0245. The number of carbonyl (C=O) groups excluding carboxylic acids is 1. The molecule has 3 aromatic rings. The molecule has 0 bridgehead atoms. The van der Waals surface area contributed by atoms with Gasteiger partial charge in [0.15, 0.2) is 0 Å². The molecule has 0 aliphatic rings. The third-order valence-electron chi connectivity index (χ3n) is 5.59. The highest BCUT2D eigenvalue weighted by atomic mass is 19.1. The summed E-state index contributed by atoms with van der Waals surface area (Å²) < 4.78 is 16.9. The van der Waals surface area contributed by atoms with Crippen LogP contribution in [0.1, 0.15) is 40.8 Å². The number of benzene rings is 1. The molecular weight excluding hydrogens is 369 g/mol. The van der Waals surface area contributed by atoms with Crippen molar-refractivity contribution >= 4 is 5.91 Å². The van der Waals surface area contributed by atoms with E-state index in [1.807, 2.05) is 46.2 Å². The second kappa shape index (κ2) is 8.19.